The Hall–Kier alpha value is -1.46. The molecule has 1 atom stereocenters. The van der Waals surface area contributed by atoms with Crippen LogP contribution in [0.25, 0.3) is 0 Å². The van der Waals surface area contributed by atoms with Crippen molar-refractivity contribution in [2.45, 2.75) is 12.6 Å². The van der Waals surface area contributed by atoms with Gasteiger partial charge in [-0.1, -0.05) is 29.3 Å². The van der Waals surface area contributed by atoms with E-state index in [1.807, 2.05) is 30.3 Å². The molecule has 3 rings (SSSR count). The van der Waals surface area contributed by atoms with Crippen molar-refractivity contribution in [3.05, 3.63) is 58.1 Å². The Bertz CT molecular complexity index is 659. The molecule has 24 heavy (non-hydrogen) atoms. The fourth-order valence-corrected chi connectivity index (χ4v) is 3.27. The van der Waals surface area contributed by atoms with Gasteiger partial charge in [-0.3, -0.25) is 0 Å². The van der Waals surface area contributed by atoms with E-state index in [0.717, 1.165) is 36.6 Å². The highest BCUT2D eigenvalue weighted by molar-refractivity contribution is 6.35. The van der Waals surface area contributed by atoms with E-state index in [2.05, 4.69) is 10.2 Å². The molecule has 0 spiro atoms. The van der Waals surface area contributed by atoms with Crippen molar-refractivity contribution in [1.82, 2.24) is 5.32 Å². The molecule has 4 nitrogen and oxygen atoms in total. The van der Waals surface area contributed by atoms with Crippen LogP contribution in [0.3, 0.4) is 0 Å². The average Bonchev–Trinajstić information content (AvgIpc) is 2.62. The Labute approximate surface area is 151 Å². The Balaban J connectivity index is 1.62. The minimum Gasteiger partial charge on any atom is -0.489 e. The third kappa shape index (κ3) is 4.14. The first-order valence-corrected chi connectivity index (χ1v) is 8.68. The quantitative estimate of drug-likeness (QED) is 0.851. The van der Waals surface area contributed by atoms with Gasteiger partial charge >= 0.3 is 0 Å². The van der Waals surface area contributed by atoms with Gasteiger partial charge in [0.05, 0.1) is 6.61 Å². The van der Waals surface area contributed by atoms with E-state index in [9.17, 15) is 5.11 Å². The van der Waals surface area contributed by atoms with Crippen LogP contribution in [-0.4, -0.2) is 37.4 Å². The van der Waals surface area contributed by atoms with E-state index in [1.165, 1.54) is 0 Å². The van der Waals surface area contributed by atoms with Gasteiger partial charge in [-0.25, -0.2) is 0 Å². The lowest BCUT2D eigenvalue weighted by Gasteiger charge is -2.34. The van der Waals surface area contributed by atoms with Crippen LogP contribution in [0.4, 0.5) is 5.69 Å². The summed E-state index contributed by atoms with van der Waals surface area (Å²) in [5, 5.41) is 13.8. The molecule has 0 bridgehead atoms. The van der Waals surface area contributed by atoms with E-state index >= 15 is 0 Å². The van der Waals surface area contributed by atoms with Crippen LogP contribution in [0.5, 0.6) is 5.75 Å². The van der Waals surface area contributed by atoms with Gasteiger partial charge in [0.15, 0.2) is 0 Å². The maximum Gasteiger partial charge on any atom is 0.119 e. The molecule has 0 aliphatic carbocycles. The van der Waals surface area contributed by atoms with Crippen molar-refractivity contribution in [1.29, 1.82) is 0 Å². The summed E-state index contributed by atoms with van der Waals surface area (Å²) in [5.41, 5.74) is 1.91. The number of rotatable bonds is 5. The Morgan fingerprint density at radius 2 is 1.83 bits per heavy atom. The smallest absolute Gasteiger partial charge is 0.119 e. The van der Waals surface area contributed by atoms with Crippen LogP contribution in [0.15, 0.2) is 42.5 Å². The molecular weight excluding hydrogens is 347 g/mol. The summed E-state index contributed by atoms with van der Waals surface area (Å²) in [4.78, 5) is 2.26. The number of halogens is 2. The van der Waals surface area contributed by atoms with Gasteiger partial charge in [0.2, 0.25) is 0 Å². The number of anilines is 1. The fourth-order valence-electron chi connectivity index (χ4n) is 2.76. The second kappa shape index (κ2) is 8.08. The zero-order valence-electron chi connectivity index (χ0n) is 13.2. The van der Waals surface area contributed by atoms with Gasteiger partial charge in [-0.2, -0.15) is 0 Å². The first-order chi connectivity index (χ1) is 11.7. The second-order valence-corrected chi connectivity index (χ2v) is 6.58. The van der Waals surface area contributed by atoms with Crippen molar-refractivity contribution < 1.29 is 9.84 Å². The van der Waals surface area contributed by atoms with E-state index in [-0.39, 0.29) is 12.6 Å². The predicted molar refractivity (Wildman–Crippen MR) is 98.3 cm³/mol. The summed E-state index contributed by atoms with van der Waals surface area (Å²) in [6.07, 6.45) is 0. The van der Waals surface area contributed by atoms with Crippen LogP contribution in [0.1, 0.15) is 5.56 Å². The molecule has 128 valence electrons. The number of hydrogen-bond acceptors (Lipinski definition) is 4. The van der Waals surface area contributed by atoms with Gasteiger partial charge in [-0.05, 0) is 36.4 Å². The molecule has 1 saturated heterocycles. The van der Waals surface area contributed by atoms with Crippen LogP contribution >= 0.6 is 23.2 Å². The van der Waals surface area contributed by atoms with Gasteiger partial charge in [0.25, 0.3) is 0 Å². The Kier molecular flexibility index (Phi) is 5.85. The summed E-state index contributed by atoms with van der Waals surface area (Å²) < 4.78 is 5.80. The van der Waals surface area contributed by atoms with Gasteiger partial charge in [-0.15, -0.1) is 0 Å². The maximum atomic E-state index is 9.29. The highest BCUT2D eigenvalue weighted by atomic mass is 35.5. The normalized spacial score (nSPS) is 17.8. The zero-order chi connectivity index (χ0) is 16.9. The largest absolute Gasteiger partial charge is 0.489 e. The lowest BCUT2D eigenvalue weighted by Crippen LogP contribution is -2.52. The minimum absolute atomic E-state index is 0.122. The number of aliphatic hydroxyl groups excluding tert-OH is 1. The number of benzene rings is 2. The highest BCUT2D eigenvalue weighted by Crippen LogP contribution is 2.27. The van der Waals surface area contributed by atoms with Crippen LogP contribution in [0, 0.1) is 0 Å². The van der Waals surface area contributed by atoms with E-state index in [1.54, 1.807) is 12.1 Å². The number of aliphatic hydroxyl groups is 1. The molecule has 2 aromatic rings. The number of nitrogens with one attached hydrogen (secondary N) is 1. The van der Waals surface area contributed by atoms with E-state index in [4.69, 9.17) is 27.9 Å². The number of ether oxygens (including phenoxy) is 1. The van der Waals surface area contributed by atoms with E-state index < -0.39 is 0 Å². The molecule has 0 saturated carbocycles. The lowest BCUT2D eigenvalue weighted by atomic mass is 10.2. The second-order valence-electron chi connectivity index (χ2n) is 5.76. The predicted octanol–water partition coefficient (Wildman–Crippen LogP) is 3.34. The van der Waals surface area contributed by atoms with Crippen molar-refractivity contribution >= 4 is 28.9 Å². The SMILES string of the molecule is OCC1CN(c2ccc(OCc3c(Cl)cccc3Cl)cc2)CCN1. The molecule has 2 N–H and O–H groups in total. The summed E-state index contributed by atoms with van der Waals surface area (Å²) in [6.45, 7) is 3.07. The van der Waals surface area contributed by atoms with Crippen molar-refractivity contribution in [2.24, 2.45) is 0 Å². The third-order valence-corrected chi connectivity index (χ3v) is 4.83. The monoisotopic (exact) mass is 366 g/mol. The lowest BCUT2D eigenvalue weighted by molar-refractivity contribution is 0.235. The molecule has 6 heteroatoms. The van der Waals surface area contributed by atoms with Crippen LogP contribution < -0.4 is 15.0 Å². The summed E-state index contributed by atoms with van der Waals surface area (Å²) >= 11 is 12.3. The number of piperazine rings is 1. The van der Waals surface area contributed by atoms with Crippen molar-refractivity contribution in [3.63, 3.8) is 0 Å². The maximum absolute atomic E-state index is 9.29. The third-order valence-electron chi connectivity index (χ3n) is 4.12. The highest BCUT2D eigenvalue weighted by Gasteiger charge is 2.18. The Morgan fingerprint density at radius 1 is 1.12 bits per heavy atom. The van der Waals surface area contributed by atoms with Gasteiger partial charge in [0.1, 0.15) is 12.4 Å². The van der Waals surface area contributed by atoms with Crippen molar-refractivity contribution in [3.8, 4) is 5.75 Å². The van der Waals surface area contributed by atoms with Gasteiger partial charge < -0.3 is 20.1 Å². The molecule has 1 unspecified atom stereocenters. The molecular formula is C18H20Cl2N2O2. The molecule has 0 amide bonds. The number of hydrogen-bond donors (Lipinski definition) is 2. The van der Waals surface area contributed by atoms with Crippen LogP contribution in [0.2, 0.25) is 10.0 Å². The van der Waals surface area contributed by atoms with Gasteiger partial charge in [0, 0.05) is 47.0 Å². The molecule has 1 fully saturated rings. The molecule has 0 radical (unpaired) electrons. The molecule has 1 aliphatic rings. The van der Waals surface area contributed by atoms with E-state index in [0.29, 0.717) is 16.7 Å². The minimum atomic E-state index is 0.122. The first-order valence-electron chi connectivity index (χ1n) is 7.92. The molecule has 1 heterocycles. The van der Waals surface area contributed by atoms with Crippen LogP contribution in [-0.2, 0) is 6.61 Å². The molecule has 0 aromatic heterocycles. The van der Waals surface area contributed by atoms with Crippen molar-refractivity contribution in [2.75, 3.05) is 31.1 Å². The summed E-state index contributed by atoms with van der Waals surface area (Å²) in [7, 11) is 0. The molecule has 2 aromatic carbocycles. The first kappa shape index (κ1) is 17.4. The fraction of sp³-hybridized carbons (Fsp3) is 0.333. The number of nitrogens with zero attached hydrogens (tertiary/aromatic N) is 1. The summed E-state index contributed by atoms with van der Waals surface area (Å²) in [6, 6.07) is 13.5. The standard InChI is InChI=1S/C18H20Cl2N2O2/c19-17-2-1-3-18(20)16(17)12-24-15-6-4-14(5-7-15)22-9-8-21-13(10-22)11-23/h1-7,13,21,23H,8-12H2. The summed E-state index contributed by atoms with van der Waals surface area (Å²) in [5.74, 6) is 0.767. The average molecular weight is 367 g/mol. The topological polar surface area (TPSA) is 44.7 Å². The molecule has 1 aliphatic heterocycles. The Morgan fingerprint density at radius 3 is 2.50 bits per heavy atom. The zero-order valence-corrected chi connectivity index (χ0v) is 14.7.